The molecule has 8 heteroatoms. The summed E-state index contributed by atoms with van der Waals surface area (Å²) in [4.78, 5) is 26.1. The van der Waals surface area contributed by atoms with Crippen molar-refractivity contribution in [3.63, 3.8) is 0 Å². The van der Waals surface area contributed by atoms with Crippen LogP contribution in [0.15, 0.2) is 48.5 Å². The van der Waals surface area contributed by atoms with Crippen LogP contribution < -0.4 is 19.7 Å². The molecule has 6 nitrogen and oxygen atoms in total. The lowest BCUT2D eigenvalue weighted by Crippen LogP contribution is -2.45. The van der Waals surface area contributed by atoms with E-state index in [-0.39, 0.29) is 37.1 Å². The average molecular weight is 390 g/mol. The van der Waals surface area contributed by atoms with E-state index in [4.69, 9.17) is 4.74 Å². The molecule has 0 aliphatic carbocycles. The zero-order chi connectivity index (χ0) is 20.1. The van der Waals surface area contributed by atoms with Crippen molar-refractivity contribution in [2.75, 3.05) is 11.4 Å². The van der Waals surface area contributed by atoms with Crippen molar-refractivity contribution in [2.45, 2.75) is 32.6 Å². The highest BCUT2D eigenvalue weighted by molar-refractivity contribution is 6.00. The molecule has 0 bridgehead atoms. The number of hydrogen-bond donors (Lipinski definition) is 1. The fourth-order valence-electron chi connectivity index (χ4n) is 2.92. The van der Waals surface area contributed by atoms with Gasteiger partial charge in [0.15, 0.2) is 6.10 Å². The lowest BCUT2D eigenvalue weighted by Gasteiger charge is -2.32. The largest absolute Gasteiger partial charge is 0.479 e. The number of hydrogen-bond acceptors (Lipinski definition) is 4. The van der Waals surface area contributed by atoms with Crippen molar-refractivity contribution >= 4 is 17.5 Å². The van der Waals surface area contributed by atoms with Crippen LogP contribution in [0.25, 0.3) is 0 Å². The summed E-state index contributed by atoms with van der Waals surface area (Å²) in [5.41, 5.74) is 1.27. The summed E-state index contributed by atoms with van der Waals surface area (Å²) in [7, 11) is 0. The summed E-state index contributed by atoms with van der Waals surface area (Å²) < 4.78 is 34.5. The van der Waals surface area contributed by atoms with E-state index >= 15 is 0 Å². The molecule has 0 fully saturated rings. The number of amides is 2. The Morgan fingerprint density at radius 2 is 2.04 bits per heavy atom. The highest BCUT2D eigenvalue weighted by atomic mass is 19.3. The molecule has 0 aromatic heterocycles. The molecule has 0 spiro atoms. The number of halogens is 2. The lowest BCUT2D eigenvalue weighted by atomic mass is 10.1. The van der Waals surface area contributed by atoms with Gasteiger partial charge in [0, 0.05) is 19.5 Å². The molecule has 1 unspecified atom stereocenters. The first-order chi connectivity index (χ1) is 13.4. The summed E-state index contributed by atoms with van der Waals surface area (Å²) in [5, 5.41) is 2.72. The molecule has 148 valence electrons. The maximum Gasteiger partial charge on any atom is 0.387 e. The third-order valence-electron chi connectivity index (χ3n) is 4.25. The van der Waals surface area contributed by atoms with E-state index in [2.05, 4.69) is 10.1 Å². The number of fused-ring (bicyclic) bond motifs is 1. The lowest BCUT2D eigenvalue weighted by molar-refractivity contribution is -0.125. The predicted octanol–water partition coefficient (Wildman–Crippen LogP) is 3.11. The Kier molecular flexibility index (Phi) is 6.08. The summed E-state index contributed by atoms with van der Waals surface area (Å²) in [6.07, 6.45) is -0.518. The van der Waals surface area contributed by atoms with Crippen molar-refractivity contribution in [1.29, 1.82) is 0 Å². The standard InChI is InChI=1S/C20H20F2N2O4/c1-13-19(26)24(16-7-2-3-8-17(16)27-13)10-9-18(25)23-12-14-5-4-6-15(11-14)28-20(21)22/h2-8,11,13,20H,9-10,12H2,1H3,(H,23,25). The van der Waals surface area contributed by atoms with Gasteiger partial charge < -0.3 is 19.7 Å². The van der Waals surface area contributed by atoms with Gasteiger partial charge in [0.1, 0.15) is 11.5 Å². The van der Waals surface area contributed by atoms with E-state index in [0.717, 1.165) is 0 Å². The number of benzene rings is 2. The molecule has 1 N–H and O–H groups in total. The maximum absolute atomic E-state index is 12.4. The zero-order valence-electron chi connectivity index (χ0n) is 15.2. The first kappa shape index (κ1) is 19.6. The summed E-state index contributed by atoms with van der Waals surface area (Å²) >= 11 is 0. The van der Waals surface area contributed by atoms with Gasteiger partial charge in [0.2, 0.25) is 5.91 Å². The molecule has 3 rings (SSSR count). The van der Waals surface area contributed by atoms with Crippen molar-refractivity contribution in [3.8, 4) is 11.5 Å². The minimum atomic E-state index is -2.90. The Morgan fingerprint density at radius 3 is 2.82 bits per heavy atom. The zero-order valence-corrected chi connectivity index (χ0v) is 15.2. The second-order valence-corrected chi connectivity index (χ2v) is 6.27. The average Bonchev–Trinajstić information content (AvgIpc) is 2.66. The van der Waals surface area contributed by atoms with Crippen LogP contribution in [-0.2, 0) is 16.1 Å². The number of carbonyl (C=O) groups excluding carboxylic acids is 2. The van der Waals surface area contributed by atoms with E-state index < -0.39 is 12.7 Å². The summed E-state index contributed by atoms with van der Waals surface area (Å²) in [6.45, 7) is -0.853. The van der Waals surface area contributed by atoms with Gasteiger partial charge in [-0.25, -0.2) is 0 Å². The van der Waals surface area contributed by atoms with Crippen LogP contribution >= 0.6 is 0 Å². The van der Waals surface area contributed by atoms with Crippen molar-refractivity contribution in [1.82, 2.24) is 5.32 Å². The van der Waals surface area contributed by atoms with E-state index in [9.17, 15) is 18.4 Å². The monoisotopic (exact) mass is 390 g/mol. The van der Waals surface area contributed by atoms with Crippen LogP contribution in [0.2, 0.25) is 0 Å². The van der Waals surface area contributed by atoms with Crippen LogP contribution in [0, 0.1) is 0 Å². The number of para-hydroxylation sites is 2. The molecule has 1 aliphatic rings. The fraction of sp³-hybridized carbons (Fsp3) is 0.300. The topological polar surface area (TPSA) is 67.9 Å². The normalized spacial score (nSPS) is 15.8. The molecule has 0 saturated heterocycles. The minimum Gasteiger partial charge on any atom is -0.479 e. The number of nitrogens with zero attached hydrogens (tertiary/aromatic N) is 1. The highest BCUT2D eigenvalue weighted by Gasteiger charge is 2.31. The Labute approximate surface area is 161 Å². The predicted molar refractivity (Wildman–Crippen MR) is 98.4 cm³/mol. The van der Waals surface area contributed by atoms with E-state index in [1.165, 1.54) is 12.1 Å². The summed E-state index contributed by atoms with van der Waals surface area (Å²) in [5.74, 6) is 0.171. The van der Waals surface area contributed by atoms with Crippen LogP contribution in [0.4, 0.5) is 14.5 Å². The van der Waals surface area contributed by atoms with Gasteiger partial charge in [0.05, 0.1) is 5.69 Å². The minimum absolute atomic E-state index is 0.0336. The smallest absolute Gasteiger partial charge is 0.387 e. The fourth-order valence-corrected chi connectivity index (χ4v) is 2.92. The molecule has 1 atom stereocenters. The molecular formula is C20H20F2N2O4. The number of nitrogens with one attached hydrogen (secondary N) is 1. The molecule has 2 aromatic rings. The number of carbonyl (C=O) groups is 2. The Balaban J connectivity index is 1.55. The Morgan fingerprint density at radius 1 is 1.25 bits per heavy atom. The summed E-state index contributed by atoms with van der Waals surface area (Å²) in [6, 6.07) is 13.3. The van der Waals surface area contributed by atoms with Crippen LogP contribution in [0.1, 0.15) is 18.9 Å². The molecule has 1 aliphatic heterocycles. The molecule has 0 radical (unpaired) electrons. The molecule has 2 amide bonds. The van der Waals surface area contributed by atoms with Crippen LogP contribution in [0.5, 0.6) is 11.5 Å². The van der Waals surface area contributed by atoms with Gasteiger partial charge >= 0.3 is 6.61 Å². The van der Waals surface area contributed by atoms with E-state index in [1.54, 1.807) is 42.2 Å². The van der Waals surface area contributed by atoms with Gasteiger partial charge in [-0.15, -0.1) is 0 Å². The van der Waals surface area contributed by atoms with Crippen LogP contribution in [0.3, 0.4) is 0 Å². The van der Waals surface area contributed by atoms with Gasteiger partial charge in [-0.05, 0) is 36.8 Å². The highest BCUT2D eigenvalue weighted by Crippen LogP contribution is 2.33. The Bertz CT molecular complexity index is 860. The SMILES string of the molecule is CC1Oc2ccccc2N(CCC(=O)NCc2cccc(OC(F)F)c2)C1=O. The van der Waals surface area contributed by atoms with E-state index in [1.807, 2.05) is 6.07 Å². The van der Waals surface area contributed by atoms with Crippen molar-refractivity contribution in [2.24, 2.45) is 0 Å². The third-order valence-corrected chi connectivity index (χ3v) is 4.25. The quantitative estimate of drug-likeness (QED) is 0.789. The molecule has 0 saturated carbocycles. The Hall–Kier alpha value is -3.16. The van der Waals surface area contributed by atoms with Gasteiger partial charge in [-0.1, -0.05) is 24.3 Å². The number of alkyl halides is 2. The van der Waals surface area contributed by atoms with Crippen molar-refractivity contribution in [3.05, 3.63) is 54.1 Å². The maximum atomic E-state index is 12.4. The number of rotatable bonds is 7. The van der Waals surface area contributed by atoms with Gasteiger partial charge in [0.25, 0.3) is 5.91 Å². The van der Waals surface area contributed by atoms with Crippen molar-refractivity contribution < 1.29 is 27.8 Å². The first-order valence-corrected chi connectivity index (χ1v) is 8.81. The third kappa shape index (κ3) is 4.76. The second kappa shape index (κ2) is 8.69. The number of ether oxygens (including phenoxy) is 2. The molecule has 2 aromatic carbocycles. The molecular weight excluding hydrogens is 370 g/mol. The van der Waals surface area contributed by atoms with Crippen LogP contribution in [-0.4, -0.2) is 31.1 Å². The van der Waals surface area contributed by atoms with E-state index in [0.29, 0.717) is 17.0 Å². The molecule has 28 heavy (non-hydrogen) atoms. The first-order valence-electron chi connectivity index (χ1n) is 8.81. The van der Waals surface area contributed by atoms with Gasteiger partial charge in [-0.3, -0.25) is 9.59 Å². The van der Waals surface area contributed by atoms with Gasteiger partial charge in [-0.2, -0.15) is 8.78 Å². The second-order valence-electron chi connectivity index (χ2n) is 6.27. The molecule has 1 heterocycles. The number of anilines is 1.